The Bertz CT molecular complexity index is 429. The second kappa shape index (κ2) is 4.74. The maximum absolute atomic E-state index is 9.56. The molecule has 2 aromatic heterocycles. The van der Waals surface area contributed by atoms with Crippen molar-refractivity contribution in [3.8, 4) is 0 Å². The van der Waals surface area contributed by atoms with Gasteiger partial charge in [-0.3, -0.25) is 0 Å². The van der Waals surface area contributed by atoms with Crippen LogP contribution in [0.15, 0.2) is 39.3 Å². The molecule has 0 radical (unpaired) electrons. The first-order valence-corrected chi connectivity index (χ1v) is 6.17. The molecule has 0 aliphatic heterocycles. The van der Waals surface area contributed by atoms with Gasteiger partial charge in [0, 0.05) is 23.3 Å². The highest BCUT2D eigenvalue weighted by Crippen LogP contribution is 2.32. The van der Waals surface area contributed by atoms with Crippen LogP contribution in [-0.4, -0.2) is 15.1 Å². The van der Waals surface area contributed by atoms with E-state index in [1.165, 1.54) is 11.8 Å². The van der Waals surface area contributed by atoms with Crippen molar-refractivity contribution in [3.63, 3.8) is 0 Å². The first kappa shape index (κ1) is 10.6. The van der Waals surface area contributed by atoms with Gasteiger partial charge in [-0.05, 0) is 24.8 Å². The van der Waals surface area contributed by atoms with Crippen LogP contribution in [0, 0.1) is 0 Å². The van der Waals surface area contributed by atoms with Crippen molar-refractivity contribution in [2.45, 2.75) is 22.4 Å². The van der Waals surface area contributed by atoms with E-state index in [-0.39, 0.29) is 0 Å². The largest absolute Gasteiger partial charge is 0.389 e. The van der Waals surface area contributed by atoms with Crippen LogP contribution in [0.1, 0.15) is 18.6 Å². The molecule has 0 saturated heterocycles. The predicted molar refractivity (Wildman–Crippen MR) is 61.1 cm³/mol. The number of hydrogen-bond acceptors (Lipinski definition) is 5. The summed E-state index contributed by atoms with van der Waals surface area (Å²) in [6.45, 7) is 1.74. The fourth-order valence-corrected chi connectivity index (χ4v) is 2.85. The van der Waals surface area contributed by atoms with Crippen LogP contribution in [-0.2, 0) is 0 Å². The zero-order chi connectivity index (χ0) is 10.7. The lowest BCUT2D eigenvalue weighted by molar-refractivity contribution is 0.195. The van der Waals surface area contributed by atoms with Gasteiger partial charge in [0.2, 0.25) is 0 Å². The van der Waals surface area contributed by atoms with Gasteiger partial charge in [-0.2, -0.15) is 0 Å². The van der Waals surface area contributed by atoms with Crippen LogP contribution in [0.4, 0.5) is 0 Å². The fourth-order valence-electron chi connectivity index (χ4n) is 1.15. The third-order valence-electron chi connectivity index (χ3n) is 1.84. The third-order valence-corrected chi connectivity index (χ3v) is 3.76. The van der Waals surface area contributed by atoms with E-state index in [1.807, 2.05) is 17.5 Å². The quantitative estimate of drug-likeness (QED) is 0.893. The van der Waals surface area contributed by atoms with E-state index in [0.29, 0.717) is 0 Å². The predicted octanol–water partition coefficient (Wildman–Crippen LogP) is 2.74. The average Bonchev–Trinajstić information content (AvgIpc) is 2.71. The molecule has 78 valence electrons. The summed E-state index contributed by atoms with van der Waals surface area (Å²) in [5, 5.41) is 12.3. The molecule has 0 amide bonds. The smallest absolute Gasteiger partial charge is 0.156 e. The van der Waals surface area contributed by atoms with Gasteiger partial charge in [-0.15, -0.1) is 11.3 Å². The zero-order valence-electron chi connectivity index (χ0n) is 8.12. The molecule has 3 nitrogen and oxygen atoms in total. The van der Waals surface area contributed by atoms with Gasteiger partial charge in [-0.25, -0.2) is 9.97 Å². The second-order valence-electron chi connectivity index (χ2n) is 2.97. The minimum atomic E-state index is -0.499. The van der Waals surface area contributed by atoms with Crippen LogP contribution < -0.4 is 0 Å². The van der Waals surface area contributed by atoms with Crippen molar-refractivity contribution in [2.24, 2.45) is 0 Å². The molecule has 0 bridgehead atoms. The lowest BCUT2D eigenvalue weighted by Crippen LogP contribution is -1.95. The number of aromatic nitrogens is 2. The number of hydrogen-bond donors (Lipinski definition) is 1. The molecule has 0 unspecified atom stereocenters. The van der Waals surface area contributed by atoms with Gasteiger partial charge < -0.3 is 5.11 Å². The third kappa shape index (κ3) is 2.56. The van der Waals surface area contributed by atoms with Crippen molar-refractivity contribution in [1.29, 1.82) is 0 Å². The van der Waals surface area contributed by atoms with Crippen LogP contribution in [0.3, 0.4) is 0 Å². The fraction of sp³-hybridized carbons (Fsp3) is 0.200. The highest BCUT2D eigenvalue weighted by atomic mass is 32.2. The molecule has 0 spiro atoms. The summed E-state index contributed by atoms with van der Waals surface area (Å²) in [6, 6.07) is 3.71. The molecule has 0 aliphatic rings. The standard InChI is InChI=1S/C10H10N2OS2/c1-7(13)8-3-2-4-11-9(8)15-10-12-5-6-14-10/h2-7,13H,1H3/t7-/m0/s1. The van der Waals surface area contributed by atoms with Crippen LogP contribution >= 0.6 is 23.1 Å². The summed E-state index contributed by atoms with van der Waals surface area (Å²) in [5.74, 6) is 0. The van der Waals surface area contributed by atoms with E-state index in [2.05, 4.69) is 9.97 Å². The summed E-state index contributed by atoms with van der Waals surface area (Å²) in [4.78, 5) is 8.42. The summed E-state index contributed by atoms with van der Waals surface area (Å²) in [6.07, 6.45) is 2.99. The Hall–Kier alpha value is -0.910. The van der Waals surface area contributed by atoms with Gasteiger partial charge in [0.05, 0.1) is 6.10 Å². The molecular formula is C10H10N2OS2. The molecule has 0 aromatic carbocycles. The van der Waals surface area contributed by atoms with E-state index < -0.39 is 6.10 Å². The number of thiazole rings is 1. The van der Waals surface area contributed by atoms with E-state index in [0.717, 1.165) is 14.9 Å². The molecule has 5 heteroatoms. The van der Waals surface area contributed by atoms with Crippen molar-refractivity contribution in [1.82, 2.24) is 9.97 Å². The number of aliphatic hydroxyl groups excluding tert-OH is 1. The van der Waals surface area contributed by atoms with E-state index in [9.17, 15) is 5.11 Å². The Morgan fingerprint density at radius 2 is 2.27 bits per heavy atom. The van der Waals surface area contributed by atoms with Crippen molar-refractivity contribution in [2.75, 3.05) is 0 Å². The summed E-state index contributed by atoms with van der Waals surface area (Å²) >= 11 is 3.05. The van der Waals surface area contributed by atoms with Gasteiger partial charge in [0.1, 0.15) is 5.03 Å². The Kier molecular flexibility index (Phi) is 3.35. The SMILES string of the molecule is C[C@H](O)c1cccnc1Sc1nccs1. The summed E-state index contributed by atoms with van der Waals surface area (Å²) in [7, 11) is 0. The van der Waals surface area contributed by atoms with Crippen LogP contribution in [0.5, 0.6) is 0 Å². The molecule has 0 aliphatic carbocycles. The van der Waals surface area contributed by atoms with Crippen molar-refractivity contribution < 1.29 is 5.11 Å². The molecule has 0 fully saturated rings. The van der Waals surface area contributed by atoms with Gasteiger partial charge in [0.25, 0.3) is 0 Å². The number of nitrogens with zero attached hydrogens (tertiary/aromatic N) is 2. The average molecular weight is 238 g/mol. The number of pyridine rings is 1. The molecule has 0 saturated carbocycles. The number of aliphatic hydroxyl groups is 1. The minimum absolute atomic E-state index is 0.499. The first-order valence-electron chi connectivity index (χ1n) is 4.47. The Balaban J connectivity index is 2.28. The van der Waals surface area contributed by atoms with E-state index in [4.69, 9.17) is 0 Å². The van der Waals surface area contributed by atoms with E-state index in [1.54, 1.807) is 30.7 Å². The Morgan fingerprint density at radius 3 is 2.93 bits per heavy atom. The summed E-state index contributed by atoms with van der Waals surface area (Å²) < 4.78 is 0.940. The lowest BCUT2D eigenvalue weighted by Gasteiger charge is -2.08. The molecule has 2 rings (SSSR count). The van der Waals surface area contributed by atoms with Crippen LogP contribution in [0.25, 0.3) is 0 Å². The highest BCUT2D eigenvalue weighted by Gasteiger charge is 2.10. The van der Waals surface area contributed by atoms with Crippen molar-refractivity contribution in [3.05, 3.63) is 35.5 Å². The monoisotopic (exact) mass is 238 g/mol. The normalized spacial score (nSPS) is 12.7. The zero-order valence-corrected chi connectivity index (χ0v) is 9.76. The molecule has 1 atom stereocenters. The van der Waals surface area contributed by atoms with Gasteiger partial charge in [-0.1, -0.05) is 6.07 Å². The molecule has 2 aromatic rings. The van der Waals surface area contributed by atoms with Gasteiger partial charge in [0.15, 0.2) is 4.34 Å². The molecule has 1 N–H and O–H groups in total. The van der Waals surface area contributed by atoms with Crippen molar-refractivity contribution >= 4 is 23.1 Å². The van der Waals surface area contributed by atoms with Crippen LogP contribution in [0.2, 0.25) is 0 Å². The number of rotatable bonds is 3. The topological polar surface area (TPSA) is 46.0 Å². The Labute approximate surface area is 96.2 Å². The molecule has 2 heterocycles. The minimum Gasteiger partial charge on any atom is -0.389 e. The maximum atomic E-state index is 9.56. The van der Waals surface area contributed by atoms with Gasteiger partial charge >= 0.3 is 0 Å². The molecular weight excluding hydrogens is 228 g/mol. The highest BCUT2D eigenvalue weighted by molar-refractivity contribution is 8.01. The summed E-state index contributed by atoms with van der Waals surface area (Å²) in [5.41, 5.74) is 0.845. The second-order valence-corrected chi connectivity index (χ2v) is 5.10. The maximum Gasteiger partial charge on any atom is 0.156 e. The molecule has 15 heavy (non-hydrogen) atoms. The Morgan fingerprint density at radius 1 is 1.40 bits per heavy atom. The lowest BCUT2D eigenvalue weighted by atomic mass is 10.2. The van der Waals surface area contributed by atoms with E-state index >= 15 is 0 Å². The first-order chi connectivity index (χ1) is 7.27.